The molecule has 18 heavy (non-hydrogen) atoms. The molecular formula is C13H17BrFNO2. The maximum Gasteiger partial charge on any atom is 0.251 e. The molecule has 1 unspecified atom stereocenters. The van der Waals surface area contributed by atoms with Crippen molar-refractivity contribution in [3.05, 3.63) is 34.1 Å². The number of nitrogens with one attached hydrogen (secondary N) is 1. The molecule has 0 saturated heterocycles. The van der Waals surface area contributed by atoms with E-state index in [-0.39, 0.29) is 17.9 Å². The molecule has 0 aliphatic heterocycles. The summed E-state index contributed by atoms with van der Waals surface area (Å²) >= 11 is 3.05. The van der Waals surface area contributed by atoms with Crippen molar-refractivity contribution in [1.82, 2.24) is 5.32 Å². The van der Waals surface area contributed by atoms with Crippen LogP contribution in [-0.4, -0.2) is 25.7 Å². The minimum absolute atomic E-state index is 0.0887. The number of rotatable bonds is 5. The van der Waals surface area contributed by atoms with Gasteiger partial charge in [-0.05, 0) is 40.0 Å². The second kappa shape index (κ2) is 6.85. The number of methoxy groups -OCH3 is 1. The van der Waals surface area contributed by atoms with E-state index in [1.165, 1.54) is 12.1 Å². The molecule has 0 aromatic heterocycles. The Hall–Kier alpha value is -0.940. The van der Waals surface area contributed by atoms with E-state index in [1.807, 2.05) is 13.8 Å². The summed E-state index contributed by atoms with van der Waals surface area (Å²) < 4.78 is 18.7. The number of carbonyl (C=O) groups excluding carboxylic acids is 1. The summed E-state index contributed by atoms with van der Waals surface area (Å²) in [5, 5.41) is 2.83. The summed E-state index contributed by atoms with van der Waals surface area (Å²) in [5.74, 6) is -0.498. The molecule has 3 nitrogen and oxygen atoms in total. The Morgan fingerprint density at radius 2 is 2.17 bits per heavy atom. The van der Waals surface area contributed by atoms with Crippen LogP contribution in [0.1, 0.15) is 24.2 Å². The van der Waals surface area contributed by atoms with Crippen molar-refractivity contribution in [1.29, 1.82) is 0 Å². The molecule has 0 radical (unpaired) electrons. The van der Waals surface area contributed by atoms with Crippen molar-refractivity contribution in [2.75, 3.05) is 13.7 Å². The molecule has 1 amide bonds. The van der Waals surface area contributed by atoms with Crippen molar-refractivity contribution < 1.29 is 13.9 Å². The average molecular weight is 318 g/mol. The van der Waals surface area contributed by atoms with Gasteiger partial charge in [0.1, 0.15) is 5.82 Å². The van der Waals surface area contributed by atoms with Gasteiger partial charge in [-0.3, -0.25) is 4.79 Å². The maximum absolute atomic E-state index is 13.3. The number of halogens is 2. The number of ether oxygens (including phenoxy) is 1. The highest BCUT2D eigenvalue weighted by Gasteiger charge is 2.17. The van der Waals surface area contributed by atoms with E-state index in [1.54, 1.807) is 13.2 Å². The Balaban J connectivity index is 2.77. The van der Waals surface area contributed by atoms with Crippen molar-refractivity contribution in [2.45, 2.75) is 19.9 Å². The predicted octanol–water partition coefficient (Wildman–Crippen LogP) is 2.99. The normalized spacial score (nSPS) is 12.6. The second-order valence-electron chi connectivity index (χ2n) is 4.41. The van der Waals surface area contributed by atoms with E-state index in [0.717, 1.165) is 0 Å². The molecule has 0 spiro atoms. The smallest absolute Gasteiger partial charge is 0.251 e. The minimum Gasteiger partial charge on any atom is -0.383 e. The second-order valence-corrected chi connectivity index (χ2v) is 5.26. The predicted molar refractivity (Wildman–Crippen MR) is 72.1 cm³/mol. The first kappa shape index (κ1) is 15.1. The average Bonchev–Trinajstić information content (AvgIpc) is 2.31. The number of benzene rings is 1. The monoisotopic (exact) mass is 317 g/mol. The van der Waals surface area contributed by atoms with Crippen LogP contribution >= 0.6 is 15.9 Å². The van der Waals surface area contributed by atoms with Crippen molar-refractivity contribution >= 4 is 21.8 Å². The van der Waals surface area contributed by atoms with Crippen LogP contribution in [-0.2, 0) is 4.74 Å². The summed E-state index contributed by atoms with van der Waals surface area (Å²) in [4.78, 5) is 11.9. The molecule has 0 saturated carbocycles. The van der Waals surface area contributed by atoms with Gasteiger partial charge in [0.2, 0.25) is 0 Å². The van der Waals surface area contributed by atoms with Crippen molar-refractivity contribution in [2.24, 2.45) is 5.92 Å². The molecule has 5 heteroatoms. The topological polar surface area (TPSA) is 38.3 Å². The summed E-state index contributed by atoms with van der Waals surface area (Å²) in [6, 6.07) is 4.22. The SMILES string of the molecule is COCC(NC(=O)c1ccc(Br)c(F)c1)C(C)C. The third kappa shape index (κ3) is 4.07. The van der Waals surface area contributed by atoms with E-state index in [4.69, 9.17) is 4.74 Å². The Morgan fingerprint density at radius 3 is 2.67 bits per heavy atom. The van der Waals surface area contributed by atoms with Gasteiger partial charge >= 0.3 is 0 Å². The summed E-state index contributed by atoms with van der Waals surface area (Å²) in [6.07, 6.45) is 0. The minimum atomic E-state index is -0.449. The van der Waals surface area contributed by atoms with Gasteiger partial charge in [0, 0.05) is 12.7 Å². The summed E-state index contributed by atoms with van der Waals surface area (Å²) in [6.45, 7) is 4.42. The molecule has 1 rings (SSSR count). The van der Waals surface area contributed by atoms with Gasteiger partial charge in [-0.15, -0.1) is 0 Å². The van der Waals surface area contributed by atoms with Crippen LogP contribution in [0.4, 0.5) is 4.39 Å². The van der Waals surface area contributed by atoms with Crippen LogP contribution in [0.2, 0.25) is 0 Å². The summed E-state index contributed by atoms with van der Waals surface area (Å²) in [7, 11) is 1.58. The number of amides is 1. The van der Waals surface area contributed by atoms with E-state index in [2.05, 4.69) is 21.2 Å². The van der Waals surface area contributed by atoms with E-state index < -0.39 is 5.82 Å². The van der Waals surface area contributed by atoms with Gasteiger partial charge in [-0.2, -0.15) is 0 Å². The molecule has 0 fully saturated rings. The first-order chi connectivity index (χ1) is 8.45. The van der Waals surface area contributed by atoms with Crippen LogP contribution in [0, 0.1) is 11.7 Å². The highest BCUT2D eigenvalue weighted by atomic mass is 79.9. The van der Waals surface area contributed by atoms with Crippen molar-refractivity contribution in [3.63, 3.8) is 0 Å². The Morgan fingerprint density at radius 1 is 1.50 bits per heavy atom. The van der Waals surface area contributed by atoms with Crippen LogP contribution in [0.3, 0.4) is 0 Å². The van der Waals surface area contributed by atoms with Crippen molar-refractivity contribution in [3.8, 4) is 0 Å². The largest absolute Gasteiger partial charge is 0.383 e. The molecule has 1 atom stereocenters. The Bertz CT molecular complexity index is 423. The molecule has 100 valence electrons. The zero-order chi connectivity index (χ0) is 13.7. The third-order valence-electron chi connectivity index (χ3n) is 2.65. The first-order valence-corrected chi connectivity index (χ1v) is 6.50. The highest BCUT2D eigenvalue weighted by Crippen LogP contribution is 2.16. The molecule has 1 aromatic rings. The van der Waals surface area contributed by atoms with Crippen LogP contribution < -0.4 is 5.32 Å². The Labute approximate surface area is 115 Å². The lowest BCUT2D eigenvalue weighted by Crippen LogP contribution is -2.41. The fraction of sp³-hybridized carbons (Fsp3) is 0.462. The molecule has 0 heterocycles. The van der Waals surface area contributed by atoms with Gasteiger partial charge < -0.3 is 10.1 Å². The van der Waals surface area contributed by atoms with Gasteiger partial charge in [0.05, 0.1) is 17.1 Å². The quantitative estimate of drug-likeness (QED) is 0.906. The third-order valence-corrected chi connectivity index (χ3v) is 3.29. The van der Waals surface area contributed by atoms with Gasteiger partial charge in [0.15, 0.2) is 0 Å². The standard InChI is InChI=1S/C13H17BrFNO2/c1-8(2)12(7-18-3)16-13(17)9-4-5-10(14)11(15)6-9/h4-6,8,12H,7H2,1-3H3,(H,16,17). The fourth-order valence-electron chi connectivity index (χ4n) is 1.47. The van der Waals surface area contributed by atoms with Gasteiger partial charge in [-0.25, -0.2) is 4.39 Å². The number of hydrogen-bond donors (Lipinski definition) is 1. The van der Waals surface area contributed by atoms with Crippen LogP contribution in [0.25, 0.3) is 0 Å². The lowest BCUT2D eigenvalue weighted by Gasteiger charge is -2.21. The van der Waals surface area contributed by atoms with E-state index in [9.17, 15) is 9.18 Å². The lowest BCUT2D eigenvalue weighted by molar-refractivity contribution is 0.0866. The number of hydrogen-bond acceptors (Lipinski definition) is 2. The zero-order valence-electron chi connectivity index (χ0n) is 10.7. The fourth-order valence-corrected chi connectivity index (χ4v) is 1.72. The van der Waals surface area contributed by atoms with E-state index >= 15 is 0 Å². The molecule has 1 aromatic carbocycles. The molecule has 0 aliphatic rings. The zero-order valence-corrected chi connectivity index (χ0v) is 12.3. The Kier molecular flexibility index (Phi) is 5.75. The first-order valence-electron chi connectivity index (χ1n) is 5.70. The van der Waals surface area contributed by atoms with E-state index in [0.29, 0.717) is 16.6 Å². The van der Waals surface area contributed by atoms with Crippen LogP contribution in [0.15, 0.2) is 22.7 Å². The lowest BCUT2D eigenvalue weighted by atomic mass is 10.0. The highest BCUT2D eigenvalue weighted by molar-refractivity contribution is 9.10. The van der Waals surface area contributed by atoms with Crippen LogP contribution in [0.5, 0.6) is 0 Å². The van der Waals surface area contributed by atoms with Gasteiger partial charge in [-0.1, -0.05) is 13.8 Å². The molecule has 1 N–H and O–H groups in total. The maximum atomic E-state index is 13.3. The summed E-state index contributed by atoms with van der Waals surface area (Å²) in [5.41, 5.74) is 0.303. The van der Waals surface area contributed by atoms with Gasteiger partial charge in [0.25, 0.3) is 5.91 Å². The molecular weight excluding hydrogens is 301 g/mol. The molecule has 0 aliphatic carbocycles. The number of carbonyl (C=O) groups is 1. The molecule has 0 bridgehead atoms.